The molecule has 0 bridgehead atoms. The summed E-state index contributed by atoms with van der Waals surface area (Å²) in [7, 11) is 0. The third-order valence-electron chi connectivity index (χ3n) is 2.55. The van der Waals surface area contributed by atoms with Crippen LogP contribution in [0.1, 0.15) is 15.9 Å². The monoisotopic (exact) mass is 323 g/mol. The molecule has 2 aromatic rings. The molecule has 2 rings (SSSR count). The highest BCUT2D eigenvalue weighted by molar-refractivity contribution is 9.10. The molecule has 19 heavy (non-hydrogen) atoms. The lowest BCUT2D eigenvalue weighted by molar-refractivity contribution is 0.0947. The van der Waals surface area contributed by atoms with Crippen LogP contribution in [-0.4, -0.2) is 11.0 Å². The molecule has 0 spiro atoms. The van der Waals surface area contributed by atoms with E-state index in [-0.39, 0.29) is 11.3 Å². The number of halogens is 2. The molecular weight excluding hydrogens is 313 g/mol. The van der Waals surface area contributed by atoms with Crippen LogP contribution >= 0.6 is 15.9 Å². The number of hydrogen-bond donors (Lipinski definition) is 2. The summed E-state index contributed by atoms with van der Waals surface area (Å²) in [5.74, 6) is -1.32. The molecule has 0 saturated carbocycles. The average molecular weight is 324 g/mol. The minimum Gasteiger partial charge on any atom is -0.507 e. The van der Waals surface area contributed by atoms with Crippen molar-refractivity contribution in [2.45, 2.75) is 6.54 Å². The number of hydrogen-bond acceptors (Lipinski definition) is 2. The first-order valence-corrected chi connectivity index (χ1v) is 6.37. The lowest BCUT2D eigenvalue weighted by atomic mass is 10.1. The summed E-state index contributed by atoms with van der Waals surface area (Å²) in [4.78, 5) is 11.8. The Balaban J connectivity index is 2.07. The Morgan fingerprint density at radius 1 is 1.26 bits per heavy atom. The summed E-state index contributed by atoms with van der Waals surface area (Å²) in [6, 6.07) is 10.7. The fraction of sp³-hybridized carbons (Fsp3) is 0.0714. The molecule has 0 atom stereocenters. The van der Waals surface area contributed by atoms with Gasteiger partial charge in [0.15, 0.2) is 0 Å². The minimum atomic E-state index is -0.564. The van der Waals surface area contributed by atoms with Crippen molar-refractivity contribution >= 4 is 21.8 Å². The second-order valence-electron chi connectivity index (χ2n) is 3.97. The average Bonchev–Trinajstić information content (AvgIpc) is 2.39. The van der Waals surface area contributed by atoms with Gasteiger partial charge in [0.05, 0.1) is 5.56 Å². The molecule has 0 unspecified atom stereocenters. The molecule has 1 amide bonds. The molecule has 98 valence electrons. The van der Waals surface area contributed by atoms with Crippen LogP contribution in [0, 0.1) is 5.82 Å². The van der Waals surface area contributed by atoms with Crippen molar-refractivity contribution in [3.8, 4) is 5.75 Å². The van der Waals surface area contributed by atoms with Crippen LogP contribution in [0.5, 0.6) is 5.75 Å². The van der Waals surface area contributed by atoms with Crippen LogP contribution < -0.4 is 5.32 Å². The minimum absolute atomic E-state index is 0.0741. The van der Waals surface area contributed by atoms with E-state index in [0.717, 1.165) is 28.2 Å². The molecule has 3 nitrogen and oxygen atoms in total. The molecule has 0 aliphatic heterocycles. The standard InChI is InChI=1S/C14H11BrFNO2/c15-10-3-1-2-9(6-10)8-17-14(19)12-7-11(16)4-5-13(12)18/h1-7,18H,8H2,(H,17,19). The van der Waals surface area contributed by atoms with Gasteiger partial charge in [-0.05, 0) is 35.9 Å². The van der Waals surface area contributed by atoms with Gasteiger partial charge in [-0.2, -0.15) is 0 Å². The Morgan fingerprint density at radius 3 is 2.79 bits per heavy atom. The number of amides is 1. The first kappa shape index (κ1) is 13.5. The Morgan fingerprint density at radius 2 is 2.05 bits per heavy atom. The Hall–Kier alpha value is -1.88. The van der Waals surface area contributed by atoms with E-state index in [4.69, 9.17) is 0 Å². The molecule has 0 aromatic heterocycles. The first-order chi connectivity index (χ1) is 9.06. The summed E-state index contributed by atoms with van der Waals surface area (Å²) in [5, 5.41) is 12.1. The van der Waals surface area contributed by atoms with Crippen molar-refractivity contribution < 1.29 is 14.3 Å². The molecule has 0 aliphatic carbocycles. The second kappa shape index (κ2) is 5.84. The summed E-state index contributed by atoms with van der Waals surface area (Å²) >= 11 is 3.33. The van der Waals surface area contributed by atoms with Crippen LogP contribution in [0.25, 0.3) is 0 Å². The van der Waals surface area contributed by atoms with Gasteiger partial charge in [-0.3, -0.25) is 4.79 Å². The zero-order valence-electron chi connectivity index (χ0n) is 9.86. The number of rotatable bonds is 3. The maximum atomic E-state index is 13.0. The number of phenolic OH excluding ortho intramolecular Hbond substituents is 1. The molecule has 5 heteroatoms. The predicted octanol–water partition coefficient (Wildman–Crippen LogP) is 3.22. The SMILES string of the molecule is O=C(NCc1cccc(Br)c1)c1cc(F)ccc1O. The van der Waals surface area contributed by atoms with Crippen molar-refractivity contribution in [1.82, 2.24) is 5.32 Å². The number of phenols is 1. The van der Waals surface area contributed by atoms with E-state index in [0.29, 0.717) is 6.54 Å². The zero-order chi connectivity index (χ0) is 13.8. The molecule has 0 radical (unpaired) electrons. The lowest BCUT2D eigenvalue weighted by Gasteiger charge is -2.07. The van der Waals surface area contributed by atoms with E-state index in [9.17, 15) is 14.3 Å². The highest BCUT2D eigenvalue weighted by atomic mass is 79.9. The first-order valence-electron chi connectivity index (χ1n) is 5.57. The van der Waals surface area contributed by atoms with Crippen molar-refractivity contribution in [3.63, 3.8) is 0 Å². The maximum absolute atomic E-state index is 13.0. The number of carbonyl (C=O) groups excluding carboxylic acids is 1. The fourth-order valence-electron chi connectivity index (χ4n) is 1.61. The van der Waals surface area contributed by atoms with Crippen molar-refractivity contribution in [2.24, 2.45) is 0 Å². The van der Waals surface area contributed by atoms with Gasteiger partial charge in [0.2, 0.25) is 0 Å². The van der Waals surface area contributed by atoms with E-state index in [1.165, 1.54) is 0 Å². The van der Waals surface area contributed by atoms with E-state index >= 15 is 0 Å². The lowest BCUT2D eigenvalue weighted by Crippen LogP contribution is -2.23. The number of aromatic hydroxyl groups is 1. The van der Waals surface area contributed by atoms with E-state index in [1.807, 2.05) is 24.3 Å². The quantitative estimate of drug-likeness (QED) is 0.911. The predicted molar refractivity (Wildman–Crippen MR) is 73.4 cm³/mol. The number of carbonyl (C=O) groups is 1. The number of benzene rings is 2. The van der Waals surface area contributed by atoms with Gasteiger partial charge in [0.1, 0.15) is 11.6 Å². The fourth-order valence-corrected chi connectivity index (χ4v) is 2.06. The Kier molecular flexibility index (Phi) is 4.16. The highest BCUT2D eigenvalue weighted by Gasteiger charge is 2.11. The second-order valence-corrected chi connectivity index (χ2v) is 4.89. The van der Waals surface area contributed by atoms with Gasteiger partial charge in [0, 0.05) is 11.0 Å². The zero-order valence-corrected chi connectivity index (χ0v) is 11.4. The molecule has 0 saturated heterocycles. The summed E-state index contributed by atoms with van der Waals surface area (Å²) in [6.45, 7) is 0.300. The van der Waals surface area contributed by atoms with E-state index in [2.05, 4.69) is 21.2 Å². The van der Waals surface area contributed by atoms with Crippen molar-refractivity contribution in [1.29, 1.82) is 0 Å². The molecule has 2 aromatic carbocycles. The van der Waals surface area contributed by atoms with Gasteiger partial charge in [-0.25, -0.2) is 4.39 Å². The van der Waals surface area contributed by atoms with Crippen LogP contribution in [-0.2, 0) is 6.54 Å². The topological polar surface area (TPSA) is 49.3 Å². The normalized spacial score (nSPS) is 10.2. The summed E-state index contributed by atoms with van der Waals surface area (Å²) in [5.41, 5.74) is 0.827. The Bertz CT molecular complexity index is 616. The molecule has 0 fully saturated rings. The largest absolute Gasteiger partial charge is 0.507 e. The van der Waals surface area contributed by atoms with Crippen molar-refractivity contribution in [3.05, 3.63) is 63.9 Å². The van der Waals surface area contributed by atoms with Gasteiger partial charge in [0.25, 0.3) is 5.91 Å². The van der Waals surface area contributed by atoms with Crippen molar-refractivity contribution in [2.75, 3.05) is 0 Å². The van der Waals surface area contributed by atoms with Crippen LogP contribution in [0.2, 0.25) is 0 Å². The van der Waals surface area contributed by atoms with E-state index < -0.39 is 11.7 Å². The third-order valence-corrected chi connectivity index (χ3v) is 3.04. The van der Waals surface area contributed by atoms with Gasteiger partial charge in [-0.15, -0.1) is 0 Å². The van der Waals surface area contributed by atoms with Crippen LogP contribution in [0.3, 0.4) is 0 Å². The number of nitrogens with one attached hydrogen (secondary N) is 1. The van der Waals surface area contributed by atoms with Gasteiger partial charge < -0.3 is 10.4 Å². The van der Waals surface area contributed by atoms with E-state index in [1.54, 1.807) is 0 Å². The van der Waals surface area contributed by atoms with Crippen LogP contribution in [0.15, 0.2) is 46.9 Å². The highest BCUT2D eigenvalue weighted by Crippen LogP contribution is 2.18. The molecule has 0 heterocycles. The summed E-state index contributed by atoms with van der Waals surface area (Å²) in [6.07, 6.45) is 0. The third kappa shape index (κ3) is 3.54. The molecule has 0 aliphatic rings. The molecule has 2 N–H and O–H groups in total. The molecular formula is C14H11BrFNO2. The Labute approximate surface area is 118 Å². The van der Waals surface area contributed by atoms with Gasteiger partial charge in [-0.1, -0.05) is 28.1 Å². The van der Waals surface area contributed by atoms with Gasteiger partial charge >= 0.3 is 0 Å². The smallest absolute Gasteiger partial charge is 0.255 e. The summed E-state index contributed by atoms with van der Waals surface area (Å²) < 4.78 is 13.9. The van der Waals surface area contributed by atoms with Crippen LogP contribution in [0.4, 0.5) is 4.39 Å². The maximum Gasteiger partial charge on any atom is 0.255 e.